The molecule has 0 unspecified atom stereocenters. The van der Waals surface area contributed by atoms with E-state index in [0.29, 0.717) is 11.3 Å². The van der Waals surface area contributed by atoms with Gasteiger partial charge in [-0.25, -0.2) is 4.98 Å². The molecule has 0 aliphatic heterocycles. The van der Waals surface area contributed by atoms with Crippen LogP contribution in [-0.4, -0.2) is 24.5 Å². The molecule has 0 radical (unpaired) electrons. The summed E-state index contributed by atoms with van der Waals surface area (Å²) in [6.07, 6.45) is 2.36. The molecule has 2 N–H and O–H groups in total. The number of aliphatic imine (C=N–C) groups is 1. The molecule has 1 aromatic heterocycles. The standard InChI is InChI=1S/C16H30N4S.HI/c1-12(2)13-11-21-14(20-13)10-19-15(17-6)18-9-7-8-16(3,4)5;/h11-12H,7-10H2,1-6H3,(H2,17,18,19);1H. The highest BCUT2D eigenvalue weighted by molar-refractivity contribution is 14.0. The first-order valence-electron chi connectivity index (χ1n) is 7.70. The van der Waals surface area contributed by atoms with Gasteiger partial charge in [0.2, 0.25) is 0 Å². The van der Waals surface area contributed by atoms with Gasteiger partial charge in [-0.2, -0.15) is 0 Å². The Hall–Kier alpha value is -0.370. The van der Waals surface area contributed by atoms with Gasteiger partial charge in [0.1, 0.15) is 5.01 Å². The maximum atomic E-state index is 4.62. The zero-order valence-corrected chi connectivity index (χ0v) is 17.8. The first-order chi connectivity index (χ1) is 9.81. The molecule has 0 saturated carbocycles. The number of halogens is 1. The molecule has 1 heterocycles. The fraction of sp³-hybridized carbons (Fsp3) is 0.750. The van der Waals surface area contributed by atoms with Gasteiger partial charge in [-0.3, -0.25) is 4.99 Å². The van der Waals surface area contributed by atoms with Gasteiger partial charge < -0.3 is 10.6 Å². The second-order valence-electron chi connectivity index (χ2n) is 6.84. The fourth-order valence-corrected chi connectivity index (χ4v) is 2.77. The van der Waals surface area contributed by atoms with E-state index in [0.717, 1.165) is 30.5 Å². The maximum Gasteiger partial charge on any atom is 0.191 e. The van der Waals surface area contributed by atoms with Crippen LogP contribution in [0.25, 0.3) is 0 Å². The van der Waals surface area contributed by atoms with Crippen LogP contribution in [0, 0.1) is 5.41 Å². The first kappa shape index (κ1) is 21.6. The second-order valence-corrected chi connectivity index (χ2v) is 7.78. The van der Waals surface area contributed by atoms with Gasteiger partial charge in [-0.05, 0) is 24.2 Å². The lowest BCUT2D eigenvalue weighted by molar-refractivity contribution is 0.365. The third-order valence-corrected chi connectivity index (χ3v) is 4.05. The second kappa shape index (κ2) is 10.4. The van der Waals surface area contributed by atoms with Crippen LogP contribution in [0.4, 0.5) is 0 Å². The van der Waals surface area contributed by atoms with Gasteiger partial charge in [0.25, 0.3) is 0 Å². The highest BCUT2D eigenvalue weighted by Crippen LogP contribution is 2.19. The Balaban J connectivity index is 0.00000441. The van der Waals surface area contributed by atoms with E-state index in [4.69, 9.17) is 0 Å². The van der Waals surface area contributed by atoms with Crippen molar-refractivity contribution in [3.63, 3.8) is 0 Å². The summed E-state index contributed by atoms with van der Waals surface area (Å²) in [4.78, 5) is 8.87. The number of rotatable bonds is 6. The van der Waals surface area contributed by atoms with Crippen molar-refractivity contribution in [3.8, 4) is 0 Å². The minimum atomic E-state index is 0. The monoisotopic (exact) mass is 438 g/mol. The molecular weight excluding hydrogens is 407 g/mol. The average Bonchev–Trinajstić information content (AvgIpc) is 2.85. The molecule has 1 rings (SSSR count). The number of nitrogens with zero attached hydrogens (tertiary/aromatic N) is 2. The van der Waals surface area contributed by atoms with Crippen LogP contribution in [0.2, 0.25) is 0 Å². The number of hydrogen-bond donors (Lipinski definition) is 2. The molecule has 6 heteroatoms. The maximum absolute atomic E-state index is 4.62. The van der Waals surface area contributed by atoms with E-state index in [2.05, 4.69) is 60.6 Å². The normalized spacial score (nSPS) is 12.2. The predicted molar refractivity (Wildman–Crippen MR) is 109 cm³/mol. The van der Waals surface area contributed by atoms with Gasteiger partial charge in [-0.1, -0.05) is 34.6 Å². The zero-order chi connectivity index (χ0) is 15.9. The van der Waals surface area contributed by atoms with Crippen LogP contribution in [0.5, 0.6) is 0 Å². The summed E-state index contributed by atoms with van der Waals surface area (Å²) in [6, 6.07) is 0. The number of hydrogen-bond acceptors (Lipinski definition) is 3. The van der Waals surface area contributed by atoms with Gasteiger partial charge in [0.05, 0.1) is 12.2 Å². The Bertz CT molecular complexity index is 449. The van der Waals surface area contributed by atoms with Crippen LogP contribution >= 0.6 is 35.3 Å². The quantitative estimate of drug-likeness (QED) is 0.300. The topological polar surface area (TPSA) is 49.3 Å². The molecule has 0 aliphatic rings. The van der Waals surface area contributed by atoms with Gasteiger partial charge in [0.15, 0.2) is 5.96 Å². The van der Waals surface area contributed by atoms with Gasteiger partial charge >= 0.3 is 0 Å². The molecule has 0 amide bonds. The zero-order valence-electron chi connectivity index (χ0n) is 14.7. The highest BCUT2D eigenvalue weighted by Gasteiger charge is 2.09. The van der Waals surface area contributed by atoms with Crippen molar-refractivity contribution >= 4 is 41.3 Å². The molecule has 0 fully saturated rings. The van der Waals surface area contributed by atoms with E-state index in [9.17, 15) is 0 Å². The Kier molecular flexibility index (Phi) is 10.2. The van der Waals surface area contributed by atoms with E-state index < -0.39 is 0 Å². The van der Waals surface area contributed by atoms with E-state index >= 15 is 0 Å². The molecule has 22 heavy (non-hydrogen) atoms. The summed E-state index contributed by atoms with van der Waals surface area (Å²) in [5.74, 6) is 1.34. The van der Waals surface area contributed by atoms with Crippen molar-refractivity contribution in [2.45, 2.75) is 59.9 Å². The lowest BCUT2D eigenvalue weighted by atomic mass is 9.91. The number of nitrogens with one attached hydrogen (secondary N) is 2. The molecule has 0 saturated heterocycles. The molecule has 0 spiro atoms. The van der Waals surface area contributed by atoms with Crippen molar-refractivity contribution in [3.05, 3.63) is 16.1 Å². The van der Waals surface area contributed by atoms with Crippen molar-refractivity contribution in [1.29, 1.82) is 0 Å². The minimum Gasteiger partial charge on any atom is -0.356 e. The summed E-state index contributed by atoms with van der Waals surface area (Å²) < 4.78 is 0. The molecule has 4 nitrogen and oxygen atoms in total. The smallest absolute Gasteiger partial charge is 0.191 e. The third kappa shape index (κ3) is 8.92. The summed E-state index contributed by atoms with van der Waals surface area (Å²) in [7, 11) is 1.81. The molecule has 0 aliphatic carbocycles. The third-order valence-electron chi connectivity index (χ3n) is 3.19. The van der Waals surface area contributed by atoms with Crippen LogP contribution in [0.15, 0.2) is 10.4 Å². The largest absolute Gasteiger partial charge is 0.356 e. The van der Waals surface area contributed by atoms with Crippen LogP contribution in [0.1, 0.15) is 64.1 Å². The summed E-state index contributed by atoms with van der Waals surface area (Å²) in [6.45, 7) is 12.8. The fourth-order valence-electron chi connectivity index (χ4n) is 1.88. The van der Waals surface area contributed by atoms with Crippen molar-refractivity contribution in [2.75, 3.05) is 13.6 Å². The lowest BCUT2D eigenvalue weighted by Crippen LogP contribution is -2.37. The Morgan fingerprint density at radius 1 is 1.32 bits per heavy atom. The van der Waals surface area contributed by atoms with Gasteiger partial charge in [-0.15, -0.1) is 35.3 Å². The van der Waals surface area contributed by atoms with Crippen molar-refractivity contribution < 1.29 is 0 Å². The predicted octanol–water partition coefficient (Wildman–Crippen LogP) is 4.38. The Labute approximate surface area is 156 Å². The lowest BCUT2D eigenvalue weighted by Gasteiger charge is -2.18. The Morgan fingerprint density at radius 3 is 2.50 bits per heavy atom. The van der Waals surface area contributed by atoms with E-state index in [1.807, 2.05) is 0 Å². The van der Waals surface area contributed by atoms with E-state index in [1.54, 1.807) is 18.4 Å². The Morgan fingerprint density at radius 2 is 2.00 bits per heavy atom. The SMILES string of the molecule is CN=C(NCCCC(C)(C)C)NCc1nc(C(C)C)cs1.I. The minimum absolute atomic E-state index is 0. The summed E-state index contributed by atoms with van der Waals surface area (Å²) >= 11 is 1.71. The van der Waals surface area contributed by atoms with E-state index in [1.165, 1.54) is 12.1 Å². The average molecular weight is 438 g/mol. The van der Waals surface area contributed by atoms with Crippen LogP contribution in [-0.2, 0) is 6.54 Å². The molecule has 0 atom stereocenters. The van der Waals surface area contributed by atoms with Crippen LogP contribution < -0.4 is 10.6 Å². The van der Waals surface area contributed by atoms with Gasteiger partial charge in [0, 0.05) is 19.0 Å². The van der Waals surface area contributed by atoms with Crippen molar-refractivity contribution in [1.82, 2.24) is 15.6 Å². The molecular formula is C16H31IN4S. The first-order valence-corrected chi connectivity index (χ1v) is 8.58. The molecule has 1 aromatic rings. The number of aromatic nitrogens is 1. The highest BCUT2D eigenvalue weighted by atomic mass is 127. The molecule has 0 bridgehead atoms. The number of guanidine groups is 1. The number of thiazole rings is 1. The molecule has 0 aromatic carbocycles. The summed E-state index contributed by atoms with van der Waals surface area (Å²) in [5.41, 5.74) is 1.57. The molecule has 128 valence electrons. The van der Waals surface area contributed by atoms with Crippen molar-refractivity contribution in [2.24, 2.45) is 10.4 Å². The van der Waals surface area contributed by atoms with E-state index in [-0.39, 0.29) is 24.0 Å². The summed E-state index contributed by atoms with van der Waals surface area (Å²) in [5, 5.41) is 9.93. The van der Waals surface area contributed by atoms with Crippen LogP contribution in [0.3, 0.4) is 0 Å².